The fourth-order valence-electron chi connectivity index (χ4n) is 3.81. The van der Waals surface area contributed by atoms with Gasteiger partial charge in [-0.2, -0.15) is 0 Å². The average molecular weight is 304 g/mol. The maximum Gasteiger partial charge on any atom is 0.311 e. The Morgan fingerprint density at radius 3 is 2.86 bits per heavy atom. The van der Waals surface area contributed by atoms with Crippen molar-refractivity contribution in [1.82, 2.24) is 9.47 Å². The van der Waals surface area contributed by atoms with Crippen LogP contribution in [0.5, 0.6) is 0 Å². The Hall–Kier alpha value is -2.11. The van der Waals surface area contributed by atoms with Gasteiger partial charge in [-0.15, -0.1) is 0 Å². The highest BCUT2D eigenvalue weighted by Crippen LogP contribution is 2.48. The fourth-order valence-corrected chi connectivity index (χ4v) is 3.81. The lowest BCUT2D eigenvalue weighted by molar-refractivity contribution is -0.149. The Morgan fingerprint density at radius 2 is 2.23 bits per heavy atom. The largest absolute Gasteiger partial charge is 0.481 e. The molecule has 3 rings (SSSR count). The van der Waals surface area contributed by atoms with Gasteiger partial charge in [-0.05, 0) is 37.3 Å². The summed E-state index contributed by atoms with van der Waals surface area (Å²) >= 11 is 0. The van der Waals surface area contributed by atoms with E-state index in [2.05, 4.69) is 0 Å². The molecule has 0 spiro atoms. The van der Waals surface area contributed by atoms with Gasteiger partial charge in [0.1, 0.15) is 6.54 Å². The van der Waals surface area contributed by atoms with E-state index in [1.807, 2.05) is 6.92 Å². The summed E-state index contributed by atoms with van der Waals surface area (Å²) in [6.07, 6.45) is 4.03. The minimum absolute atomic E-state index is 0.0263. The molecule has 0 bridgehead atoms. The van der Waals surface area contributed by atoms with Crippen molar-refractivity contribution >= 4 is 11.9 Å². The van der Waals surface area contributed by atoms with Crippen molar-refractivity contribution in [3.05, 3.63) is 34.2 Å². The van der Waals surface area contributed by atoms with Crippen LogP contribution in [0.3, 0.4) is 0 Å². The number of amides is 1. The highest BCUT2D eigenvalue weighted by Gasteiger charge is 2.55. The number of pyridine rings is 1. The molecular weight excluding hydrogens is 284 g/mol. The van der Waals surface area contributed by atoms with E-state index >= 15 is 0 Å². The summed E-state index contributed by atoms with van der Waals surface area (Å²) in [7, 11) is 0. The third-order valence-corrected chi connectivity index (χ3v) is 5.11. The van der Waals surface area contributed by atoms with Crippen molar-refractivity contribution in [2.24, 2.45) is 11.3 Å². The van der Waals surface area contributed by atoms with Crippen molar-refractivity contribution in [3.8, 4) is 0 Å². The summed E-state index contributed by atoms with van der Waals surface area (Å²) in [6.45, 7) is 2.56. The first kappa shape index (κ1) is 14.8. The molecule has 0 radical (unpaired) electrons. The Morgan fingerprint density at radius 1 is 1.45 bits per heavy atom. The SMILES string of the molecule is Cc1ccn(CC(=O)N2C[C@@H]3CCC[C@@]3(C(=O)O)C2)c(=O)c1. The summed E-state index contributed by atoms with van der Waals surface area (Å²) in [5, 5.41) is 9.54. The predicted molar refractivity (Wildman–Crippen MR) is 79.4 cm³/mol. The molecule has 22 heavy (non-hydrogen) atoms. The van der Waals surface area contributed by atoms with Gasteiger partial charge in [0.2, 0.25) is 5.91 Å². The standard InChI is InChI=1S/C16H20N2O4/c1-11-4-6-17(13(19)7-11)9-14(20)18-8-12-3-2-5-16(12,10-18)15(21)22/h4,6-7,12H,2-3,5,8-10H2,1H3,(H,21,22)/t12-,16+/m0/s1. The van der Waals surface area contributed by atoms with Gasteiger partial charge in [-0.3, -0.25) is 14.4 Å². The zero-order valence-corrected chi connectivity index (χ0v) is 12.6. The first-order valence-corrected chi connectivity index (χ1v) is 7.61. The van der Waals surface area contributed by atoms with Crippen molar-refractivity contribution in [2.75, 3.05) is 13.1 Å². The zero-order valence-electron chi connectivity index (χ0n) is 12.6. The van der Waals surface area contributed by atoms with Crippen molar-refractivity contribution in [2.45, 2.75) is 32.7 Å². The number of hydrogen-bond donors (Lipinski definition) is 1. The van der Waals surface area contributed by atoms with Crippen molar-refractivity contribution in [1.29, 1.82) is 0 Å². The molecule has 2 atom stereocenters. The Labute approximate surface area is 128 Å². The molecule has 2 aliphatic rings. The maximum absolute atomic E-state index is 12.4. The van der Waals surface area contributed by atoms with Crippen LogP contribution in [0.4, 0.5) is 0 Å². The minimum atomic E-state index is -0.794. The summed E-state index contributed by atoms with van der Waals surface area (Å²) < 4.78 is 1.37. The smallest absolute Gasteiger partial charge is 0.311 e. The van der Waals surface area contributed by atoms with Crippen LogP contribution in [-0.2, 0) is 16.1 Å². The number of carbonyl (C=O) groups is 2. The molecule has 2 fully saturated rings. The van der Waals surface area contributed by atoms with E-state index in [0.29, 0.717) is 13.0 Å². The van der Waals surface area contributed by atoms with E-state index in [0.717, 1.165) is 18.4 Å². The van der Waals surface area contributed by atoms with Gasteiger partial charge in [0, 0.05) is 25.4 Å². The molecule has 1 saturated carbocycles. The summed E-state index contributed by atoms with van der Waals surface area (Å²) in [6, 6.07) is 3.27. The molecule has 2 heterocycles. The lowest BCUT2D eigenvalue weighted by Gasteiger charge is -2.23. The number of hydrogen-bond acceptors (Lipinski definition) is 3. The number of carboxylic acids is 1. The number of fused-ring (bicyclic) bond motifs is 1. The van der Waals surface area contributed by atoms with Crippen LogP contribution in [-0.4, -0.2) is 39.5 Å². The molecule has 118 valence electrons. The van der Waals surface area contributed by atoms with Crippen molar-refractivity contribution < 1.29 is 14.7 Å². The quantitative estimate of drug-likeness (QED) is 0.898. The molecule has 1 aliphatic heterocycles. The van der Waals surface area contributed by atoms with Crippen LogP contribution < -0.4 is 5.56 Å². The van der Waals surface area contributed by atoms with Crippen LogP contribution in [0.1, 0.15) is 24.8 Å². The number of carbonyl (C=O) groups excluding carboxylic acids is 1. The van der Waals surface area contributed by atoms with E-state index in [1.54, 1.807) is 17.2 Å². The Balaban J connectivity index is 1.74. The van der Waals surface area contributed by atoms with E-state index < -0.39 is 11.4 Å². The molecule has 1 aliphatic carbocycles. The number of nitrogens with zero attached hydrogens (tertiary/aromatic N) is 2. The van der Waals surface area contributed by atoms with Gasteiger partial charge in [0.05, 0.1) is 5.41 Å². The number of rotatable bonds is 3. The van der Waals surface area contributed by atoms with Gasteiger partial charge >= 0.3 is 5.97 Å². The first-order chi connectivity index (χ1) is 10.4. The lowest BCUT2D eigenvalue weighted by atomic mass is 9.81. The summed E-state index contributed by atoms with van der Waals surface area (Å²) in [4.78, 5) is 37.5. The van der Waals surface area contributed by atoms with Crippen LogP contribution in [0.15, 0.2) is 23.1 Å². The van der Waals surface area contributed by atoms with E-state index in [4.69, 9.17) is 0 Å². The van der Waals surface area contributed by atoms with Crippen molar-refractivity contribution in [3.63, 3.8) is 0 Å². The second kappa shape index (κ2) is 5.26. The number of aliphatic carboxylic acids is 1. The van der Waals surface area contributed by atoms with Crippen LogP contribution in [0.25, 0.3) is 0 Å². The van der Waals surface area contributed by atoms with Gasteiger partial charge in [0.25, 0.3) is 5.56 Å². The lowest BCUT2D eigenvalue weighted by Crippen LogP contribution is -2.39. The van der Waals surface area contributed by atoms with Crippen LogP contribution in [0.2, 0.25) is 0 Å². The minimum Gasteiger partial charge on any atom is -0.481 e. The predicted octanol–water partition coefficient (Wildman–Crippen LogP) is 0.870. The molecule has 6 nitrogen and oxygen atoms in total. The molecule has 6 heteroatoms. The highest BCUT2D eigenvalue weighted by molar-refractivity contribution is 5.81. The molecule has 1 aromatic rings. The first-order valence-electron chi connectivity index (χ1n) is 7.61. The van der Waals surface area contributed by atoms with Gasteiger partial charge in [-0.25, -0.2) is 0 Å². The average Bonchev–Trinajstić information content (AvgIpc) is 2.99. The second-order valence-electron chi connectivity index (χ2n) is 6.49. The van der Waals surface area contributed by atoms with Gasteiger partial charge < -0.3 is 14.6 Å². The third kappa shape index (κ3) is 2.32. The van der Waals surface area contributed by atoms with E-state index in [9.17, 15) is 19.5 Å². The maximum atomic E-state index is 12.4. The third-order valence-electron chi connectivity index (χ3n) is 5.11. The molecule has 1 saturated heterocycles. The molecule has 0 unspecified atom stereocenters. The summed E-state index contributed by atoms with van der Waals surface area (Å²) in [5.74, 6) is -0.928. The molecular formula is C16H20N2O4. The van der Waals surface area contributed by atoms with Gasteiger partial charge in [0.15, 0.2) is 0 Å². The second-order valence-corrected chi connectivity index (χ2v) is 6.49. The normalized spacial score (nSPS) is 27.0. The number of aromatic nitrogens is 1. The highest BCUT2D eigenvalue weighted by atomic mass is 16.4. The number of carboxylic acid groups (broad SMARTS) is 1. The Kier molecular flexibility index (Phi) is 3.54. The van der Waals surface area contributed by atoms with E-state index in [-0.39, 0.29) is 30.5 Å². The molecule has 1 aromatic heterocycles. The zero-order chi connectivity index (χ0) is 15.9. The van der Waals surface area contributed by atoms with Gasteiger partial charge in [-0.1, -0.05) is 6.42 Å². The molecule has 1 amide bonds. The fraction of sp³-hybridized carbons (Fsp3) is 0.562. The Bertz CT molecular complexity index is 681. The number of likely N-dealkylation sites (tertiary alicyclic amines) is 1. The number of aryl methyl sites for hydroxylation is 1. The molecule has 1 N–H and O–H groups in total. The van der Waals surface area contributed by atoms with Crippen LogP contribution in [0, 0.1) is 18.3 Å². The van der Waals surface area contributed by atoms with E-state index in [1.165, 1.54) is 10.6 Å². The molecule has 0 aromatic carbocycles. The topological polar surface area (TPSA) is 79.6 Å². The monoisotopic (exact) mass is 304 g/mol. The summed E-state index contributed by atoms with van der Waals surface area (Å²) in [5.41, 5.74) is -0.122. The van der Waals surface area contributed by atoms with Crippen LogP contribution >= 0.6 is 0 Å².